The van der Waals surface area contributed by atoms with Gasteiger partial charge in [0.25, 0.3) is 0 Å². The lowest BCUT2D eigenvalue weighted by Crippen LogP contribution is -2.06. The summed E-state index contributed by atoms with van der Waals surface area (Å²) >= 11 is 0. The predicted octanol–water partition coefficient (Wildman–Crippen LogP) is 3.59. The minimum atomic E-state index is 0.178. The van der Waals surface area contributed by atoms with Gasteiger partial charge in [-0.15, -0.1) is 0 Å². The zero-order valence-corrected chi connectivity index (χ0v) is 12.7. The molecule has 1 aromatic carbocycles. The molecule has 0 saturated heterocycles. The first-order valence-corrected chi connectivity index (χ1v) is 6.80. The summed E-state index contributed by atoms with van der Waals surface area (Å²) in [6.07, 6.45) is 0.178. The van der Waals surface area contributed by atoms with Gasteiger partial charge in [-0.05, 0) is 51.5 Å². The molecule has 20 heavy (non-hydrogen) atoms. The maximum Gasteiger partial charge on any atom is 0.130 e. The molecule has 0 atom stereocenters. The molecule has 1 aromatic heterocycles. The molecule has 4 heteroatoms. The summed E-state index contributed by atoms with van der Waals surface area (Å²) in [4.78, 5) is 8.80. The lowest BCUT2D eigenvalue weighted by Gasteiger charge is -2.13. The maximum absolute atomic E-state index is 5.76. The molecule has 2 aromatic rings. The summed E-state index contributed by atoms with van der Waals surface area (Å²) in [6, 6.07) is 8.08. The van der Waals surface area contributed by atoms with Crippen LogP contribution in [0.5, 0.6) is 5.75 Å². The van der Waals surface area contributed by atoms with Gasteiger partial charge in [0.1, 0.15) is 17.4 Å². The third-order valence-electron chi connectivity index (χ3n) is 2.93. The Balaban J connectivity index is 2.38. The van der Waals surface area contributed by atoms with Gasteiger partial charge in [0.05, 0.1) is 11.8 Å². The molecule has 106 valence electrons. The highest BCUT2D eigenvalue weighted by molar-refractivity contribution is 5.64. The number of aromatic nitrogens is 2. The third kappa shape index (κ3) is 3.26. The van der Waals surface area contributed by atoms with Crippen LogP contribution in [0.4, 0.5) is 5.82 Å². The van der Waals surface area contributed by atoms with Crippen molar-refractivity contribution in [3.05, 3.63) is 35.7 Å². The highest BCUT2D eigenvalue weighted by Gasteiger charge is 2.07. The Morgan fingerprint density at radius 2 is 1.85 bits per heavy atom. The third-order valence-corrected chi connectivity index (χ3v) is 2.93. The van der Waals surface area contributed by atoms with Gasteiger partial charge in [0.2, 0.25) is 0 Å². The predicted molar refractivity (Wildman–Crippen MR) is 82.3 cm³/mol. The Morgan fingerprint density at radius 3 is 2.45 bits per heavy atom. The van der Waals surface area contributed by atoms with Crippen molar-refractivity contribution in [2.45, 2.75) is 33.8 Å². The van der Waals surface area contributed by atoms with Crippen LogP contribution >= 0.6 is 0 Å². The average Bonchev–Trinajstić information content (AvgIpc) is 2.39. The fourth-order valence-corrected chi connectivity index (χ4v) is 2.04. The van der Waals surface area contributed by atoms with E-state index in [1.165, 1.54) is 0 Å². The Kier molecular flexibility index (Phi) is 4.23. The molecule has 0 saturated carbocycles. The fourth-order valence-electron chi connectivity index (χ4n) is 2.04. The van der Waals surface area contributed by atoms with Crippen LogP contribution in [-0.4, -0.2) is 23.1 Å². The van der Waals surface area contributed by atoms with Crippen molar-refractivity contribution in [1.29, 1.82) is 0 Å². The van der Waals surface area contributed by atoms with Crippen LogP contribution in [0.15, 0.2) is 24.3 Å². The molecular weight excluding hydrogens is 250 g/mol. The van der Waals surface area contributed by atoms with E-state index < -0.39 is 0 Å². The molecule has 0 unspecified atom stereocenters. The Bertz CT molecular complexity index is 609. The Morgan fingerprint density at radius 1 is 1.10 bits per heavy atom. The average molecular weight is 271 g/mol. The van der Waals surface area contributed by atoms with Crippen LogP contribution in [0.3, 0.4) is 0 Å². The van der Waals surface area contributed by atoms with Gasteiger partial charge >= 0.3 is 0 Å². The number of rotatable bonds is 4. The first-order valence-electron chi connectivity index (χ1n) is 6.80. The second kappa shape index (κ2) is 5.90. The van der Waals surface area contributed by atoms with Crippen LogP contribution in [0.1, 0.15) is 25.2 Å². The second-order valence-electron chi connectivity index (χ2n) is 5.08. The topological polar surface area (TPSA) is 47.0 Å². The van der Waals surface area contributed by atoms with E-state index in [1.807, 2.05) is 52.9 Å². The number of hydrogen-bond donors (Lipinski definition) is 1. The van der Waals surface area contributed by atoms with Crippen molar-refractivity contribution in [2.24, 2.45) is 0 Å². The zero-order chi connectivity index (χ0) is 14.7. The molecule has 0 spiro atoms. The standard InChI is InChI=1S/C16H21N3O/c1-10(2)20-15-7-6-13(8-11(15)3)14-9-16(17-5)19-12(4)18-14/h6-10H,1-5H3,(H,17,18,19). The first kappa shape index (κ1) is 14.3. The van der Waals surface area contributed by atoms with Gasteiger partial charge in [-0.2, -0.15) is 0 Å². The van der Waals surface area contributed by atoms with Gasteiger partial charge < -0.3 is 10.1 Å². The number of nitrogens with one attached hydrogen (secondary N) is 1. The highest BCUT2D eigenvalue weighted by Crippen LogP contribution is 2.26. The molecule has 1 N–H and O–H groups in total. The number of benzene rings is 1. The fraction of sp³-hybridized carbons (Fsp3) is 0.375. The molecule has 0 radical (unpaired) electrons. The van der Waals surface area contributed by atoms with Crippen LogP contribution in [0, 0.1) is 13.8 Å². The maximum atomic E-state index is 5.76. The van der Waals surface area contributed by atoms with Crippen molar-refractivity contribution in [3.63, 3.8) is 0 Å². The van der Waals surface area contributed by atoms with Gasteiger partial charge in [0.15, 0.2) is 0 Å². The van der Waals surface area contributed by atoms with Crippen molar-refractivity contribution in [2.75, 3.05) is 12.4 Å². The van der Waals surface area contributed by atoms with E-state index in [0.29, 0.717) is 0 Å². The summed E-state index contributed by atoms with van der Waals surface area (Å²) in [5.41, 5.74) is 3.10. The van der Waals surface area contributed by atoms with Crippen molar-refractivity contribution in [1.82, 2.24) is 9.97 Å². The van der Waals surface area contributed by atoms with Crippen LogP contribution < -0.4 is 10.1 Å². The van der Waals surface area contributed by atoms with Crippen LogP contribution in [0.2, 0.25) is 0 Å². The summed E-state index contributed by atoms with van der Waals surface area (Å²) in [6.45, 7) is 8.00. The largest absolute Gasteiger partial charge is 0.491 e. The second-order valence-corrected chi connectivity index (χ2v) is 5.08. The smallest absolute Gasteiger partial charge is 0.130 e. The number of nitrogens with zero attached hydrogens (tertiary/aromatic N) is 2. The molecule has 2 rings (SSSR count). The first-order chi connectivity index (χ1) is 9.49. The summed E-state index contributed by atoms with van der Waals surface area (Å²) < 4.78 is 5.76. The van der Waals surface area contributed by atoms with E-state index in [2.05, 4.69) is 21.4 Å². The summed E-state index contributed by atoms with van der Waals surface area (Å²) in [5, 5.41) is 3.05. The number of hydrogen-bond acceptors (Lipinski definition) is 4. The quantitative estimate of drug-likeness (QED) is 0.923. The number of aryl methyl sites for hydroxylation is 2. The Hall–Kier alpha value is -2.10. The molecule has 0 aliphatic rings. The minimum absolute atomic E-state index is 0.178. The lowest BCUT2D eigenvalue weighted by atomic mass is 10.1. The van der Waals surface area contributed by atoms with E-state index in [-0.39, 0.29) is 6.10 Å². The molecule has 0 bridgehead atoms. The molecule has 4 nitrogen and oxygen atoms in total. The Labute approximate surface area is 120 Å². The zero-order valence-electron chi connectivity index (χ0n) is 12.7. The molecule has 1 heterocycles. The molecule has 0 fully saturated rings. The highest BCUT2D eigenvalue weighted by atomic mass is 16.5. The molecule has 0 aliphatic heterocycles. The monoisotopic (exact) mass is 271 g/mol. The van der Waals surface area contributed by atoms with E-state index in [0.717, 1.165) is 34.2 Å². The van der Waals surface area contributed by atoms with Gasteiger partial charge in [-0.1, -0.05) is 0 Å². The summed E-state index contributed by atoms with van der Waals surface area (Å²) in [5.74, 6) is 2.50. The molecule has 0 aliphatic carbocycles. The van der Waals surface area contributed by atoms with Crippen molar-refractivity contribution in [3.8, 4) is 17.0 Å². The van der Waals surface area contributed by atoms with Crippen molar-refractivity contribution < 1.29 is 4.74 Å². The number of anilines is 1. The van der Waals surface area contributed by atoms with E-state index in [1.54, 1.807) is 0 Å². The SMILES string of the molecule is CNc1cc(-c2ccc(OC(C)C)c(C)c2)nc(C)n1. The van der Waals surface area contributed by atoms with Gasteiger partial charge in [-0.25, -0.2) is 9.97 Å². The summed E-state index contributed by atoms with van der Waals surface area (Å²) in [7, 11) is 1.86. The van der Waals surface area contributed by atoms with Gasteiger partial charge in [0, 0.05) is 18.7 Å². The normalized spacial score (nSPS) is 10.7. The minimum Gasteiger partial charge on any atom is -0.491 e. The number of ether oxygens (including phenoxy) is 1. The van der Waals surface area contributed by atoms with E-state index >= 15 is 0 Å². The van der Waals surface area contributed by atoms with Crippen LogP contribution in [-0.2, 0) is 0 Å². The van der Waals surface area contributed by atoms with Crippen molar-refractivity contribution >= 4 is 5.82 Å². The van der Waals surface area contributed by atoms with Crippen LogP contribution in [0.25, 0.3) is 11.3 Å². The van der Waals surface area contributed by atoms with E-state index in [4.69, 9.17) is 4.74 Å². The molecule has 0 amide bonds. The lowest BCUT2D eigenvalue weighted by molar-refractivity contribution is 0.241. The van der Waals surface area contributed by atoms with E-state index in [9.17, 15) is 0 Å². The molecular formula is C16H21N3O. The van der Waals surface area contributed by atoms with Gasteiger partial charge in [-0.3, -0.25) is 0 Å².